The SMILES string of the molecule is NC(N)=NCCC[C@@H]1NC(=O)[C@H](Cc2c[nH]c3ccccc23)NC(=O)[C@@H](CC2CCCCC2)NC(=O)[C@@H]2CCCN2C(=O)C(NC(=O)CCc2ccccc2)CCCNC1=O. The first-order chi connectivity index (χ1) is 29.5. The fourth-order valence-electron chi connectivity index (χ4n) is 8.87. The first-order valence-electron chi connectivity index (χ1n) is 22.0. The molecule has 10 N–H and O–H groups in total. The third-order valence-electron chi connectivity index (χ3n) is 12.2. The zero-order chi connectivity index (χ0) is 43.1. The molecule has 0 radical (unpaired) electrons. The molecule has 0 spiro atoms. The molecule has 6 amide bonds. The molecule has 16 nitrogen and oxygen atoms in total. The van der Waals surface area contributed by atoms with Gasteiger partial charge in [-0.05, 0) is 74.5 Å². The van der Waals surface area contributed by atoms with Crippen LogP contribution in [0.5, 0.6) is 0 Å². The Hall–Kier alpha value is -5.93. The number of nitrogens with two attached hydrogens (primary N) is 2. The zero-order valence-electron chi connectivity index (χ0n) is 35.0. The molecule has 3 aromatic rings. The number of aromatic amines is 1. The van der Waals surface area contributed by atoms with Crippen LogP contribution in [0.2, 0.25) is 0 Å². The average molecular weight is 839 g/mol. The van der Waals surface area contributed by atoms with Crippen LogP contribution in [0.3, 0.4) is 0 Å². The van der Waals surface area contributed by atoms with Gasteiger partial charge in [0.2, 0.25) is 35.4 Å². The van der Waals surface area contributed by atoms with Crippen LogP contribution in [-0.2, 0) is 41.6 Å². The van der Waals surface area contributed by atoms with E-state index < -0.39 is 53.8 Å². The molecule has 6 rings (SSSR count). The van der Waals surface area contributed by atoms with Gasteiger partial charge in [0.05, 0.1) is 0 Å². The molecule has 328 valence electrons. The van der Waals surface area contributed by atoms with Crippen molar-refractivity contribution < 1.29 is 28.8 Å². The molecule has 1 aromatic heterocycles. The van der Waals surface area contributed by atoms with Gasteiger partial charge in [0.25, 0.3) is 0 Å². The van der Waals surface area contributed by atoms with Crippen LogP contribution in [0.25, 0.3) is 10.9 Å². The Morgan fingerprint density at radius 2 is 1.49 bits per heavy atom. The van der Waals surface area contributed by atoms with Crippen molar-refractivity contribution >= 4 is 52.3 Å². The molecule has 61 heavy (non-hydrogen) atoms. The number of hydrogen-bond donors (Lipinski definition) is 8. The maximum absolute atomic E-state index is 14.5. The number of nitrogens with one attached hydrogen (secondary N) is 6. The van der Waals surface area contributed by atoms with Crippen LogP contribution in [0.1, 0.15) is 94.6 Å². The molecule has 1 saturated carbocycles. The molecule has 5 atom stereocenters. The van der Waals surface area contributed by atoms with E-state index in [-0.39, 0.29) is 62.5 Å². The van der Waals surface area contributed by atoms with Gasteiger partial charge in [-0.15, -0.1) is 0 Å². The van der Waals surface area contributed by atoms with Gasteiger partial charge in [0.15, 0.2) is 5.96 Å². The number of carbonyl (C=O) groups excluding carboxylic acids is 6. The minimum absolute atomic E-state index is 0.0916. The molecule has 1 unspecified atom stereocenters. The van der Waals surface area contributed by atoms with Crippen LogP contribution >= 0.6 is 0 Å². The van der Waals surface area contributed by atoms with Gasteiger partial charge >= 0.3 is 0 Å². The first-order valence-corrected chi connectivity index (χ1v) is 22.0. The summed E-state index contributed by atoms with van der Waals surface area (Å²) in [7, 11) is 0. The summed E-state index contributed by atoms with van der Waals surface area (Å²) in [6, 6.07) is 12.3. The van der Waals surface area contributed by atoms with Crippen LogP contribution in [-0.4, -0.2) is 101 Å². The molecule has 16 heteroatoms. The van der Waals surface area contributed by atoms with E-state index in [0.717, 1.165) is 54.1 Å². The maximum Gasteiger partial charge on any atom is 0.245 e. The lowest BCUT2D eigenvalue weighted by atomic mass is 9.84. The second-order valence-corrected chi connectivity index (χ2v) is 16.7. The van der Waals surface area contributed by atoms with Gasteiger partial charge in [-0.25, -0.2) is 0 Å². The molecule has 2 saturated heterocycles. The lowest BCUT2D eigenvalue weighted by Crippen LogP contribution is -2.59. The number of aliphatic imine (C=N–C) groups is 1. The topological polar surface area (TPSA) is 246 Å². The number of para-hydroxylation sites is 1. The minimum atomic E-state index is -1.11. The lowest BCUT2D eigenvalue weighted by Gasteiger charge is -2.32. The van der Waals surface area contributed by atoms with E-state index in [0.29, 0.717) is 45.1 Å². The Morgan fingerprint density at radius 1 is 0.770 bits per heavy atom. The highest BCUT2D eigenvalue weighted by atomic mass is 16.2. The van der Waals surface area contributed by atoms with Gasteiger partial charge in [-0.3, -0.25) is 33.8 Å². The second-order valence-electron chi connectivity index (χ2n) is 16.7. The van der Waals surface area contributed by atoms with Crippen molar-refractivity contribution in [3.63, 3.8) is 0 Å². The number of aromatic nitrogens is 1. The van der Waals surface area contributed by atoms with Gasteiger partial charge in [0, 0.05) is 49.6 Å². The number of hydrogen-bond acceptors (Lipinski definition) is 7. The summed E-state index contributed by atoms with van der Waals surface area (Å²) in [6.45, 7) is 0.689. The summed E-state index contributed by atoms with van der Waals surface area (Å²) in [4.78, 5) is 93.5. The Kier molecular flexibility index (Phi) is 16.1. The quantitative estimate of drug-likeness (QED) is 0.0762. The van der Waals surface area contributed by atoms with Crippen molar-refractivity contribution in [3.8, 4) is 0 Å². The van der Waals surface area contributed by atoms with Gasteiger partial charge in [0.1, 0.15) is 30.2 Å². The van der Waals surface area contributed by atoms with Crippen molar-refractivity contribution in [2.45, 2.75) is 127 Å². The summed E-state index contributed by atoms with van der Waals surface area (Å²) in [5.74, 6) is -2.57. The van der Waals surface area contributed by atoms with Crippen molar-refractivity contribution in [2.75, 3.05) is 19.6 Å². The number of H-pyrrole nitrogens is 1. The predicted molar refractivity (Wildman–Crippen MR) is 233 cm³/mol. The lowest BCUT2D eigenvalue weighted by molar-refractivity contribution is -0.142. The summed E-state index contributed by atoms with van der Waals surface area (Å²) in [6.07, 6.45) is 9.96. The van der Waals surface area contributed by atoms with Crippen molar-refractivity contribution in [1.29, 1.82) is 0 Å². The number of carbonyl (C=O) groups is 6. The second kappa shape index (κ2) is 22.1. The monoisotopic (exact) mass is 838 g/mol. The minimum Gasteiger partial charge on any atom is -0.370 e. The highest BCUT2D eigenvalue weighted by molar-refractivity contribution is 5.97. The summed E-state index contributed by atoms with van der Waals surface area (Å²) < 4.78 is 0. The third-order valence-corrected chi connectivity index (χ3v) is 12.2. The van der Waals surface area contributed by atoms with Crippen LogP contribution < -0.4 is 38.1 Å². The number of guanidine groups is 1. The van der Waals surface area contributed by atoms with Crippen molar-refractivity contribution in [3.05, 3.63) is 71.9 Å². The van der Waals surface area contributed by atoms with E-state index >= 15 is 0 Å². The summed E-state index contributed by atoms with van der Waals surface area (Å²) in [5, 5.41) is 15.6. The molecule has 3 aliphatic rings. The Balaban J connectivity index is 1.29. The van der Waals surface area contributed by atoms with E-state index in [1.165, 1.54) is 4.90 Å². The molecule has 2 aliphatic heterocycles. The molecule has 0 bridgehead atoms. The third kappa shape index (κ3) is 12.8. The fourth-order valence-corrected chi connectivity index (χ4v) is 8.87. The van der Waals surface area contributed by atoms with Gasteiger partial charge < -0.3 is 47.9 Å². The molecular formula is C45H62N10O6. The summed E-state index contributed by atoms with van der Waals surface area (Å²) >= 11 is 0. The molecule has 2 aromatic carbocycles. The van der Waals surface area contributed by atoms with Gasteiger partial charge in [-0.1, -0.05) is 80.6 Å². The van der Waals surface area contributed by atoms with E-state index in [4.69, 9.17) is 11.5 Å². The van der Waals surface area contributed by atoms with Crippen molar-refractivity contribution in [1.82, 2.24) is 36.5 Å². The van der Waals surface area contributed by atoms with Crippen LogP contribution in [0, 0.1) is 5.92 Å². The molecule has 1 aliphatic carbocycles. The number of benzene rings is 2. The molecule has 3 fully saturated rings. The Bertz CT molecular complexity index is 2010. The normalized spacial score (nSPS) is 23.8. The fraction of sp³-hybridized carbons (Fsp3) is 0.533. The maximum atomic E-state index is 14.5. The number of nitrogens with zero attached hydrogens (tertiary/aromatic N) is 2. The van der Waals surface area contributed by atoms with E-state index in [1.807, 2.05) is 54.6 Å². The smallest absolute Gasteiger partial charge is 0.245 e. The largest absolute Gasteiger partial charge is 0.370 e. The predicted octanol–water partition coefficient (Wildman–Crippen LogP) is 2.21. The van der Waals surface area contributed by atoms with E-state index in [1.54, 1.807) is 6.20 Å². The number of aryl methyl sites for hydroxylation is 1. The van der Waals surface area contributed by atoms with E-state index in [9.17, 15) is 28.8 Å². The highest BCUT2D eigenvalue weighted by Crippen LogP contribution is 2.28. The highest BCUT2D eigenvalue weighted by Gasteiger charge is 2.40. The number of fused-ring (bicyclic) bond motifs is 2. The van der Waals surface area contributed by atoms with Gasteiger partial charge in [-0.2, -0.15) is 0 Å². The number of amides is 6. The zero-order valence-corrected chi connectivity index (χ0v) is 35.0. The average Bonchev–Trinajstić information content (AvgIpc) is 3.92. The van der Waals surface area contributed by atoms with Crippen LogP contribution in [0.4, 0.5) is 0 Å². The van der Waals surface area contributed by atoms with Crippen molar-refractivity contribution in [2.24, 2.45) is 22.4 Å². The first kappa shape index (κ1) is 44.6. The standard InChI is InChI=1S/C45H62N10O6/c46-45(47)49-24-9-18-34-40(57)48-23-10-19-35(51-39(56)22-21-29-12-3-1-4-13-29)44(61)55-25-11-20-38(55)43(60)54-36(26-30-14-5-2-6-15-30)41(58)53-37(42(59)52-34)27-31-28-50-33-17-8-7-16-32(31)33/h1,3-4,7-8,12-13,16-17,28,30,34-38,50H,2,5-6,9-11,14-15,18-27H2,(H,48,57)(H,51,56)(H,52,59)(H,53,58)(H,54,60)(H4,46,47,49)/t34-,35?,36+,37-,38-/m0/s1. The molecule has 3 heterocycles. The Morgan fingerprint density at radius 3 is 2.28 bits per heavy atom. The van der Waals surface area contributed by atoms with E-state index in [2.05, 4.69) is 36.6 Å². The van der Waals surface area contributed by atoms with Crippen LogP contribution in [0.15, 0.2) is 65.8 Å². The molecular weight excluding hydrogens is 777 g/mol. The number of rotatable bonds is 12. The summed E-state index contributed by atoms with van der Waals surface area (Å²) in [5.41, 5.74) is 13.7. The Labute approximate surface area is 357 Å².